The van der Waals surface area contributed by atoms with Crippen LogP contribution in [-0.4, -0.2) is 37.2 Å². The number of carbonyl (C=O) groups excluding carboxylic acids is 3. The number of hydrogen-bond donors (Lipinski definition) is 0. The molecule has 6 heteroatoms. The highest BCUT2D eigenvalue weighted by Gasteiger charge is 2.19. The highest BCUT2D eigenvalue weighted by atomic mass is 16.6. The Hall–Kier alpha value is -2.89. The van der Waals surface area contributed by atoms with Gasteiger partial charge in [-0.3, -0.25) is 14.4 Å². The van der Waals surface area contributed by atoms with Gasteiger partial charge in [-0.15, -0.1) is 0 Å². The fraction of sp³-hybridized carbons (Fsp3) is 0.797. The van der Waals surface area contributed by atoms with Gasteiger partial charge in [0.05, 0.1) is 0 Å². The molecule has 0 aromatic rings. The van der Waals surface area contributed by atoms with Crippen LogP contribution in [0.3, 0.4) is 0 Å². The third kappa shape index (κ3) is 56.0. The number of allylic oxidation sites excluding steroid dienone is 10. The molecule has 0 aliphatic carbocycles. The largest absolute Gasteiger partial charge is 0.462 e. The summed E-state index contributed by atoms with van der Waals surface area (Å²) in [6.07, 6.45) is 73.6. The maximum atomic E-state index is 12.9. The van der Waals surface area contributed by atoms with Crippen LogP contribution in [0.5, 0.6) is 0 Å². The van der Waals surface area contributed by atoms with Crippen molar-refractivity contribution in [3.05, 3.63) is 60.8 Å². The van der Waals surface area contributed by atoms with Crippen LogP contribution in [0.1, 0.15) is 310 Å². The summed E-state index contributed by atoms with van der Waals surface area (Å²) >= 11 is 0. The van der Waals surface area contributed by atoms with E-state index in [1.54, 1.807) is 0 Å². The van der Waals surface area contributed by atoms with Crippen LogP contribution < -0.4 is 0 Å². The van der Waals surface area contributed by atoms with Crippen molar-refractivity contribution < 1.29 is 28.6 Å². The Balaban J connectivity index is 4.33. The second kappa shape index (κ2) is 58.7. The third-order valence-corrected chi connectivity index (χ3v) is 13.2. The molecular weight excluding hydrogens is 865 g/mol. The number of unbranched alkanes of at least 4 members (excludes halogenated alkanes) is 34. The van der Waals surface area contributed by atoms with Gasteiger partial charge in [0.15, 0.2) is 6.10 Å². The van der Waals surface area contributed by atoms with Crippen LogP contribution in [0.25, 0.3) is 0 Å². The van der Waals surface area contributed by atoms with Crippen molar-refractivity contribution in [3.63, 3.8) is 0 Å². The lowest BCUT2D eigenvalue weighted by molar-refractivity contribution is -0.167. The summed E-state index contributed by atoms with van der Waals surface area (Å²) in [4.78, 5) is 38.2. The highest BCUT2D eigenvalue weighted by Crippen LogP contribution is 2.15. The molecule has 0 bridgehead atoms. The molecule has 0 heterocycles. The Kier molecular flexibility index (Phi) is 56.3. The first-order chi connectivity index (χ1) is 34.5. The molecule has 0 saturated carbocycles. The van der Waals surface area contributed by atoms with Crippen LogP contribution in [0.2, 0.25) is 0 Å². The van der Waals surface area contributed by atoms with Gasteiger partial charge >= 0.3 is 17.9 Å². The molecular formula is C64H114O6. The Morgan fingerprint density at radius 2 is 0.514 bits per heavy atom. The van der Waals surface area contributed by atoms with Crippen molar-refractivity contribution in [2.75, 3.05) is 13.2 Å². The molecule has 0 spiro atoms. The molecule has 1 atom stereocenters. The first-order valence-corrected chi connectivity index (χ1v) is 30.3. The molecule has 1 unspecified atom stereocenters. The Morgan fingerprint density at radius 3 is 0.843 bits per heavy atom. The summed E-state index contributed by atoms with van der Waals surface area (Å²) < 4.78 is 16.9. The van der Waals surface area contributed by atoms with Crippen LogP contribution in [0.4, 0.5) is 0 Å². The van der Waals surface area contributed by atoms with Crippen molar-refractivity contribution in [2.24, 2.45) is 0 Å². The van der Waals surface area contributed by atoms with Gasteiger partial charge in [0.2, 0.25) is 0 Å². The van der Waals surface area contributed by atoms with E-state index in [1.165, 1.54) is 186 Å². The van der Waals surface area contributed by atoms with E-state index in [-0.39, 0.29) is 31.1 Å². The molecule has 0 N–H and O–H groups in total. The van der Waals surface area contributed by atoms with Crippen LogP contribution in [-0.2, 0) is 28.6 Å². The number of rotatable bonds is 55. The Bertz CT molecular complexity index is 1260. The normalized spacial score (nSPS) is 12.4. The first kappa shape index (κ1) is 67.1. The zero-order valence-corrected chi connectivity index (χ0v) is 46.5. The molecule has 0 aliphatic heterocycles. The van der Waals surface area contributed by atoms with Gasteiger partial charge in [0.25, 0.3) is 0 Å². The van der Waals surface area contributed by atoms with Gasteiger partial charge in [-0.25, -0.2) is 0 Å². The van der Waals surface area contributed by atoms with Crippen molar-refractivity contribution in [3.8, 4) is 0 Å². The molecule has 6 nitrogen and oxygen atoms in total. The average Bonchev–Trinajstić information content (AvgIpc) is 3.36. The van der Waals surface area contributed by atoms with Crippen molar-refractivity contribution >= 4 is 17.9 Å². The van der Waals surface area contributed by atoms with Crippen LogP contribution >= 0.6 is 0 Å². The monoisotopic (exact) mass is 979 g/mol. The van der Waals surface area contributed by atoms with Crippen LogP contribution in [0, 0.1) is 0 Å². The molecule has 0 amide bonds. The van der Waals surface area contributed by atoms with E-state index in [0.29, 0.717) is 19.3 Å². The van der Waals surface area contributed by atoms with Gasteiger partial charge in [-0.05, 0) is 109 Å². The van der Waals surface area contributed by atoms with E-state index < -0.39 is 6.10 Å². The molecule has 0 rings (SSSR count). The Labute approximate surface area is 434 Å². The summed E-state index contributed by atoms with van der Waals surface area (Å²) in [5, 5.41) is 0. The third-order valence-electron chi connectivity index (χ3n) is 13.2. The molecule has 0 fully saturated rings. The number of ether oxygens (including phenoxy) is 3. The number of hydrogen-bond acceptors (Lipinski definition) is 6. The quantitative estimate of drug-likeness (QED) is 0.0261. The first-order valence-electron chi connectivity index (χ1n) is 30.3. The molecule has 0 aromatic heterocycles. The van der Waals surface area contributed by atoms with Gasteiger partial charge in [-0.2, -0.15) is 0 Å². The maximum Gasteiger partial charge on any atom is 0.306 e. The van der Waals surface area contributed by atoms with Crippen molar-refractivity contribution in [2.45, 2.75) is 316 Å². The minimum Gasteiger partial charge on any atom is -0.462 e. The van der Waals surface area contributed by atoms with E-state index >= 15 is 0 Å². The molecule has 70 heavy (non-hydrogen) atoms. The summed E-state index contributed by atoms with van der Waals surface area (Å²) in [6.45, 7) is 6.61. The van der Waals surface area contributed by atoms with Crippen LogP contribution in [0.15, 0.2) is 60.8 Å². The van der Waals surface area contributed by atoms with Gasteiger partial charge in [-0.1, -0.05) is 242 Å². The standard InChI is InChI=1S/C64H114O6/c1-4-7-10-13-16-19-22-25-27-29-30-31-32-33-34-36-37-39-42-45-48-51-54-57-63(66)69-60-61(59-68-62(65)56-53-50-47-44-41-24-21-18-15-12-9-6-3)70-64(67)58-55-52-49-46-43-40-38-35-28-26-23-20-17-14-11-8-5-2/h18,21-22,25-26,28-30,32-33,61H,4-17,19-20,23-24,27,31,34-60H2,1-3H3/b21-18-,25-22-,28-26-,30-29-,33-32-. The summed E-state index contributed by atoms with van der Waals surface area (Å²) in [6, 6.07) is 0. The minimum atomic E-state index is -0.783. The Morgan fingerprint density at radius 1 is 0.286 bits per heavy atom. The smallest absolute Gasteiger partial charge is 0.306 e. The molecule has 406 valence electrons. The second-order valence-electron chi connectivity index (χ2n) is 20.2. The van der Waals surface area contributed by atoms with E-state index in [4.69, 9.17) is 14.2 Å². The summed E-state index contributed by atoms with van der Waals surface area (Å²) in [5.41, 5.74) is 0. The van der Waals surface area contributed by atoms with E-state index in [2.05, 4.69) is 81.5 Å². The lowest BCUT2D eigenvalue weighted by atomic mass is 10.1. The topological polar surface area (TPSA) is 78.9 Å². The van der Waals surface area contributed by atoms with Gasteiger partial charge in [0.1, 0.15) is 13.2 Å². The van der Waals surface area contributed by atoms with E-state index in [0.717, 1.165) is 83.5 Å². The predicted molar refractivity (Wildman–Crippen MR) is 302 cm³/mol. The fourth-order valence-corrected chi connectivity index (χ4v) is 8.62. The lowest BCUT2D eigenvalue weighted by Gasteiger charge is -2.18. The van der Waals surface area contributed by atoms with Gasteiger partial charge < -0.3 is 14.2 Å². The van der Waals surface area contributed by atoms with Crippen molar-refractivity contribution in [1.82, 2.24) is 0 Å². The minimum absolute atomic E-state index is 0.0814. The molecule has 0 radical (unpaired) electrons. The zero-order valence-electron chi connectivity index (χ0n) is 46.5. The summed E-state index contributed by atoms with van der Waals surface area (Å²) in [7, 11) is 0. The average molecular weight is 980 g/mol. The van der Waals surface area contributed by atoms with Crippen molar-refractivity contribution in [1.29, 1.82) is 0 Å². The number of carbonyl (C=O) groups is 3. The second-order valence-corrected chi connectivity index (χ2v) is 20.2. The summed E-state index contributed by atoms with van der Waals surface area (Å²) in [5.74, 6) is -0.890. The highest BCUT2D eigenvalue weighted by molar-refractivity contribution is 5.71. The molecule has 0 aliphatic rings. The predicted octanol–water partition coefficient (Wildman–Crippen LogP) is 20.4. The number of esters is 3. The SMILES string of the molecule is CCCCC/C=C\CCCCCCCC(=O)OCC(COC(=O)CCCCCCCCCC/C=C\C/C=C\C/C=C\CCCCCCC)OC(=O)CCCCCCCCC/C=C\CCCCCCCC. The maximum absolute atomic E-state index is 12.9. The lowest BCUT2D eigenvalue weighted by Crippen LogP contribution is -2.30. The van der Waals surface area contributed by atoms with E-state index in [1.807, 2.05) is 0 Å². The van der Waals surface area contributed by atoms with Gasteiger partial charge in [0, 0.05) is 19.3 Å². The molecule has 0 aromatic carbocycles. The zero-order chi connectivity index (χ0) is 50.7. The van der Waals surface area contributed by atoms with E-state index in [9.17, 15) is 14.4 Å². The fourth-order valence-electron chi connectivity index (χ4n) is 8.62. The molecule has 0 saturated heterocycles.